The normalized spacial score (nSPS) is 11.8. The van der Waals surface area contributed by atoms with Crippen LogP contribution in [0.15, 0.2) is 30.5 Å². The fourth-order valence-electron chi connectivity index (χ4n) is 1.66. The fourth-order valence-corrected chi connectivity index (χ4v) is 1.66. The monoisotopic (exact) mass is 270 g/mol. The quantitative estimate of drug-likeness (QED) is 0.924. The van der Waals surface area contributed by atoms with E-state index in [-0.39, 0.29) is 6.54 Å². The summed E-state index contributed by atoms with van der Waals surface area (Å²) in [5.74, 6) is 0. The number of pyridine rings is 1. The fraction of sp³-hybridized carbons (Fsp3) is 0.333. The lowest BCUT2D eigenvalue weighted by Gasteiger charge is -2.05. The van der Waals surface area contributed by atoms with Gasteiger partial charge in [-0.15, -0.1) is 0 Å². The van der Waals surface area contributed by atoms with Crippen molar-refractivity contribution in [1.82, 2.24) is 20.1 Å². The van der Waals surface area contributed by atoms with Crippen LogP contribution in [0.5, 0.6) is 0 Å². The van der Waals surface area contributed by atoms with Crippen LogP contribution in [0.25, 0.3) is 0 Å². The third-order valence-corrected chi connectivity index (χ3v) is 2.48. The van der Waals surface area contributed by atoms with Gasteiger partial charge >= 0.3 is 6.18 Å². The summed E-state index contributed by atoms with van der Waals surface area (Å²) in [5.41, 5.74) is 0.617. The van der Waals surface area contributed by atoms with E-state index >= 15 is 0 Å². The first kappa shape index (κ1) is 13.5. The molecule has 2 aromatic rings. The SMILES string of the molecule is CNCc1cccc(Cn2ccc(C(F)(F)F)n2)n1. The third kappa shape index (κ3) is 3.54. The molecule has 102 valence electrons. The smallest absolute Gasteiger partial charge is 0.314 e. The van der Waals surface area contributed by atoms with E-state index in [1.807, 2.05) is 12.1 Å². The van der Waals surface area contributed by atoms with E-state index in [4.69, 9.17) is 0 Å². The topological polar surface area (TPSA) is 42.7 Å². The van der Waals surface area contributed by atoms with Crippen molar-refractivity contribution in [3.8, 4) is 0 Å². The molecule has 1 N–H and O–H groups in total. The molecule has 4 nitrogen and oxygen atoms in total. The summed E-state index contributed by atoms with van der Waals surface area (Å²) in [6, 6.07) is 6.39. The highest BCUT2D eigenvalue weighted by atomic mass is 19.4. The van der Waals surface area contributed by atoms with Crippen LogP contribution in [-0.4, -0.2) is 21.8 Å². The number of rotatable bonds is 4. The van der Waals surface area contributed by atoms with Crippen LogP contribution in [0.4, 0.5) is 13.2 Å². The minimum Gasteiger partial charge on any atom is -0.314 e. The van der Waals surface area contributed by atoms with Gasteiger partial charge in [-0.1, -0.05) is 6.07 Å². The van der Waals surface area contributed by atoms with E-state index in [1.54, 1.807) is 13.1 Å². The van der Waals surface area contributed by atoms with Gasteiger partial charge in [0, 0.05) is 12.7 Å². The van der Waals surface area contributed by atoms with Gasteiger partial charge < -0.3 is 5.32 Å². The van der Waals surface area contributed by atoms with Crippen molar-refractivity contribution in [2.45, 2.75) is 19.3 Å². The third-order valence-electron chi connectivity index (χ3n) is 2.48. The summed E-state index contributed by atoms with van der Waals surface area (Å²) in [6.07, 6.45) is -3.11. The zero-order valence-electron chi connectivity index (χ0n) is 10.3. The van der Waals surface area contributed by atoms with Gasteiger partial charge in [0.15, 0.2) is 5.69 Å². The van der Waals surface area contributed by atoms with E-state index < -0.39 is 11.9 Å². The molecule has 2 aromatic heterocycles. The molecule has 2 heterocycles. The first-order chi connectivity index (χ1) is 8.99. The maximum absolute atomic E-state index is 12.4. The molecule has 0 aliphatic carbocycles. The number of hydrogen-bond acceptors (Lipinski definition) is 3. The van der Waals surface area contributed by atoms with E-state index in [1.165, 1.54) is 10.9 Å². The van der Waals surface area contributed by atoms with Crippen molar-refractivity contribution in [2.24, 2.45) is 0 Å². The zero-order chi connectivity index (χ0) is 13.9. The van der Waals surface area contributed by atoms with Crippen LogP contribution >= 0.6 is 0 Å². The summed E-state index contributed by atoms with van der Waals surface area (Å²) in [6.45, 7) is 0.828. The van der Waals surface area contributed by atoms with Crippen LogP contribution < -0.4 is 5.32 Å². The number of alkyl halides is 3. The second-order valence-corrected chi connectivity index (χ2v) is 4.05. The van der Waals surface area contributed by atoms with Gasteiger partial charge in [-0.2, -0.15) is 18.3 Å². The molecule has 19 heavy (non-hydrogen) atoms. The van der Waals surface area contributed by atoms with Gasteiger partial charge in [-0.3, -0.25) is 9.67 Å². The number of nitrogens with zero attached hydrogens (tertiary/aromatic N) is 3. The van der Waals surface area contributed by atoms with Gasteiger partial charge in [-0.05, 0) is 25.2 Å². The Kier molecular flexibility index (Phi) is 3.84. The highest BCUT2D eigenvalue weighted by Crippen LogP contribution is 2.27. The van der Waals surface area contributed by atoms with Gasteiger partial charge in [0.2, 0.25) is 0 Å². The van der Waals surface area contributed by atoms with Crippen molar-refractivity contribution in [3.05, 3.63) is 47.5 Å². The number of aromatic nitrogens is 3. The van der Waals surface area contributed by atoms with Crippen LogP contribution in [-0.2, 0) is 19.3 Å². The molecular weight excluding hydrogens is 257 g/mol. The van der Waals surface area contributed by atoms with E-state index in [9.17, 15) is 13.2 Å². The Balaban J connectivity index is 2.12. The molecule has 0 saturated heterocycles. The van der Waals surface area contributed by atoms with E-state index in [0.717, 1.165) is 11.8 Å². The Hall–Kier alpha value is -1.89. The second kappa shape index (κ2) is 5.40. The molecule has 0 saturated carbocycles. The number of nitrogens with one attached hydrogen (secondary N) is 1. The van der Waals surface area contributed by atoms with Crippen molar-refractivity contribution >= 4 is 0 Å². The Bertz CT molecular complexity index is 548. The average Bonchev–Trinajstić information content (AvgIpc) is 2.78. The molecule has 2 rings (SSSR count). The minimum absolute atomic E-state index is 0.216. The van der Waals surface area contributed by atoms with Crippen molar-refractivity contribution in [2.75, 3.05) is 7.05 Å². The van der Waals surface area contributed by atoms with Gasteiger partial charge in [0.1, 0.15) is 0 Å². The molecule has 7 heteroatoms. The lowest BCUT2D eigenvalue weighted by molar-refractivity contribution is -0.141. The lowest BCUT2D eigenvalue weighted by Crippen LogP contribution is -2.11. The maximum Gasteiger partial charge on any atom is 0.435 e. The molecular formula is C12H13F3N4. The first-order valence-electron chi connectivity index (χ1n) is 5.69. The number of halogens is 3. The van der Waals surface area contributed by atoms with Crippen LogP contribution in [0.3, 0.4) is 0 Å². The predicted molar refractivity (Wildman–Crippen MR) is 63.3 cm³/mol. The summed E-state index contributed by atoms with van der Waals surface area (Å²) in [4.78, 5) is 4.32. The average molecular weight is 270 g/mol. The van der Waals surface area contributed by atoms with E-state index in [2.05, 4.69) is 15.4 Å². The molecule has 0 aromatic carbocycles. The molecule has 0 amide bonds. The molecule has 0 bridgehead atoms. The maximum atomic E-state index is 12.4. The lowest BCUT2D eigenvalue weighted by atomic mass is 10.3. The summed E-state index contributed by atoms with van der Waals surface area (Å²) in [7, 11) is 1.80. The van der Waals surface area contributed by atoms with Gasteiger partial charge in [0.25, 0.3) is 0 Å². The molecule has 0 atom stereocenters. The van der Waals surface area contributed by atoms with Gasteiger partial charge in [0.05, 0.1) is 17.9 Å². The molecule has 0 fully saturated rings. The van der Waals surface area contributed by atoms with Crippen molar-refractivity contribution < 1.29 is 13.2 Å². The largest absolute Gasteiger partial charge is 0.435 e. The Labute approximate surface area is 108 Å². The Morgan fingerprint density at radius 2 is 1.95 bits per heavy atom. The van der Waals surface area contributed by atoms with E-state index in [0.29, 0.717) is 12.2 Å². The zero-order valence-corrected chi connectivity index (χ0v) is 10.3. The van der Waals surface area contributed by atoms with Crippen LogP contribution in [0, 0.1) is 0 Å². The summed E-state index contributed by atoms with van der Waals surface area (Å²) >= 11 is 0. The van der Waals surface area contributed by atoms with Crippen molar-refractivity contribution in [3.63, 3.8) is 0 Å². The van der Waals surface area contributed by atoms with Crippen LogP contribution in [0.2, 0.25) is 0 Å². The Morgan fingerprint density at radius 1 is 1.21 bits per heavy atom. The molecule has 0 spiro atoms. The molecule has 0 aliphatic rings. The van der Waals surface area contributed by atoms with Gasteiger partial charge in [-0.25, -0.2) is 0 Å². The highest BCUT2D eigenvalue weighted by molar-refractivity contribution is 5.12. The Morgan fingerprint density at radius 3 is 2.58 bits per heavy atom. The molecule has 0 unspecified atom stereocenters. The van der Waals surface area contributed by atoms with Crippen molar-refractivity contribution in [1.29, 1.82) is 0 Å². The highest BCUT2D eigenvalue weighted by Gasteiger charge is 2.33. The second-order valence-electron chi connectivity index (χ2n) is 4.05. The molecule has 0 radical (unpaired) electrons. The van der Waals surface area contributed by atoms with Crippen LogP contribution in [0.1, 0.15) is 17.1 Å². The molecule has 0 aliphatic heterocycles. The number of hydrogen-bond donors (Lipinski definition) is 1. The minimum atomic E-state index is -4.41. The summed E-state index contributed by atoms with van der Waals surface area (Å²) in [5, 5.41) is 6.45. The summed E-state index contributed by atoms with van der Waals surface area (Å²) < 4.78 is 38.4. The first-order valence-corrected chi connectivity index (χ1v) is 5.69. The standard InChI is InChI=1S/C12H13F3N4/c1-16-7-9-3-2-4-10(17-9)8-19-6-5-11(18-19)12(13,14)15/h2-6,16H,7-8H2,1H3. The predicted octanol–water partition coefficient (Wildman–Crippen LogP) is 2.06.